The van der Waals surface area contributed by atoms with Crippen LogP contribution in [0.1, 0.15) is 11.4 Å². The minimum atomic E-state index is -0.386. The molecule has 0 unspecified atom stereocenters. The van der Waals surface area contributed by atoms with Gasteiger partial charge in [-0.1, -0.05) is 42.1 Å². The number of morpholine rings is 1. The SMILES string of the molecule is O=[N+]([O-])c1ccc(CSc2nnc(C[NH+]3CCOCC3)n2-c2ccccc2)cc1. The first kappa shape index (κ1) is 19.6. The van der Waals surface area contributed by atoms with Gasteiger partial charge in [-0.2, -0.15) is 0 Å². The van der Waals surface area contributed by atoms with Crippen molar-refractivity contribution in [1.29, 1.82) is 0 Å². The van der Waals surface area contributed by atoms with Gasteiger partial charge >= 0.3 is 0 Å². The van der Waals surface area contributed by atoms with E-state index in [1.807, 2.05) is 18.2 Å². The van der Waals surface area contributed by atoms with E-state index in [4.69, 9.17) is 4.74 Å². The van der Waals surface area contributed by atoms with E-state index in [0.717, 1.165) is 55.1 Å². The Morgan fingerprint density at radius 1 is 1.07 bits per heavy atom. The van der Waals surface area contributed by atoms with Gasteiger partial charge in [0.1, 0.15) is 19.6 Å². The van der Waals surface area contributed by atoms with Crippen LogP contribution in [0.2, 0.25) is 0 Å². The van der Waals surface area contributed by atoms with Gasteiger partial charge < -0.3 is 9.64 Å². The molecule has 2 heterocycles. The summed E-state index contributed by atoms with van der Waals surface area (Å²) < 4.78 is 7.57. The van der Waals surface area contributed by atoms with Gasteiger partial charge in [-0.15, -0.1) is 10.2 Å². The van der Waals surface area contributed by atoms with Crippen molar-refractivity contribution in [3.05, 3.63) is 76.1 Å². The molecule has 1 saturated heterocycles. The first-order valence-corrected chi connectivity index (χ1v) is 10.5. The van der Waals surface area contributed by atoms with E-state index in [0.29, 0.717) is 5.75 Å². The topological polar surface area (TPSA) is 87.5 Å². The lowest BCUT2D eigenvalue weighted by molar-refractivity contribution is -0.922. The molecule has 0 amide bonds. The molecule has 0 bridgehead atoms. The summed E-state index contributed by atoms with van der Waals surface area (Å²) in [7, 11) is 0. The molecule has 0 atom stereocenters. The predicted octanol–water partition coefficient (Wildman–Crippen LogP) is 1.88. The summed E-state index contributed by atoms with van der Waals surface area (Å²) in [5.41, 5.74) is 2.14. The van der Waals surface area contributed by atoms with Crippen LogP contribution in [0, 0.1) is 10.1 Å². The molecule has 150 valence electrons. The third kappa shape index (κ3) is 4.81. The number of rotatable bonds is 7. The number of non-ortho nitro benzene ring substituents is 1. The Balaban J connectivity index is 1.55. The van der Waals surface area contributed by atoms with Crippen molar-refractivity contribution < 1.29 is 14.6 Å². The molecule has 0 spiro atoms. The number of quaternary nitrogens is 1. The van der Waals surface area contributed by atoms with Gasteiger partial charge in [0.15, 0.2) is 11.0 Å². The average molecular weight is 412 g/mol. The van der Waals surface area contributed by atoms with Crippen LogP contribution in [-0.4, -0.2) is 46.0 Å². The van der Waals surface area contributed by atoms with Crippen molar-refractivity contribution in [3.63, 3.8) is 0 Å². The van der Waals surface area contributed by atoms with Crippen LogP contribution in [0.4, 0.5) is 5.69 Å². The molecule has 4 rings (SSSR count). The van der Waals surface area contributed by atoms with Gasteiger partial charge in [0.2, 0.25) is 0 Å². The molecule has 2 aromatic carbocycles. The summed E-state index contributed by atoms with van der Waals surface area (Å²) in [5.74, 6) is 1.59. The second-order valence-electron chi connectivity index (χ2n) is 6.82. The van der Waals surface area contributed by atoms with Crippen LogP contribution >= 0.6 is 11.8 Å². The largest absolute Gasteiger partial charge is 0.370 e. The van der Waals surface area contributed by atoms with Crippen LogP contribution < -0.4 is 4.90 Å². The highest BCUT2D eigenvalue weighted by molar-refractivity contribution is 7.98. The van der Waals surface area contributed by atoms with E-state index < -0.39 is 0 Å². The zero-order valence-electron chi connectivity index (χ0n) is 15.9. The molecule has 8 nitrogen and oxygen atoms in total. The molecule has 3 aromatic rings. The number of nitrogens with zero attached hydrogens (tertiary/aromatic N) is 4. The lowest BCUT2D eigenvalue weighted by Gasteiger charge is -2.23. The summed E-state index contributed by atoms with van der Waals surface area (Å²) >= 11 is 1.58. The van der Waals surface area contributed by atoms with Crippen molar-refractivity contribution in [2.45, 2.75) is 17.5 Å². The van der Waals surface area contributed by atoms with Gasteiger partial charge in [-0.05, 0) is 17.7 Å². The highest BCUT2D eigenvalue weighted by Crippen LogP contribution is 2.26. The average Bonchev–Trinajstić information content (AvgIpc) is 3.16. The number of hydrogen-bond acceptors (Lipinski definition) is 6. The Kier molecular flexibility index (Phi) is 6.18. The van der Waals surface area contributed by atoms with Gasteiger partial charge in [-0.25, -0.2) is 0 Å². The quantitative estimate of drug-likeness (QED) is 0.362. The molecule has 1 fully saturated rings. The molecule has 1 N–H and O–H groups in total. The van der Waals surface area contributed by atoms with E-state index in [1.165, 1.54) is 17.0 Å². The molecular formula is C20H22N5O3S+. The number of aromatic nitrogens is 3. The van der Waals surface area contributed by atoms with Gasteiger partial charge in [0.05, 0.1) is 18.1 Å². The summed E-state index contributed by atoms with van der Waals surface area (Å²) in [6, 6.07) is 16.7. The Bertz CT molecular complexity index is 956. The van der Waals surface area contributed by atoms with Gasteiger partial charge in [0, 0.05) is 23.6 Å². The van der Waals surface area contributed by atoms with Crippen molar-refractivity contribution in [2.75, 3.05) is 26.3 Å². The number of thioether (sulfide) groups is 1. The van der Waals surface area contributed by atoms with E-state index in [9.17, 15) is 10.1 Å². The third-order valence-corrected chi connectivity index (χ3v) is 5.84. The first-order valence-electron chi connectivity index (χ1n) is 9.48. The first-order chi connectivity index (χ1) is 14.2. The lowest BCUT2D eigenvalue weighted by Crippen LogP contribution is -3.12. The van der Waals surface area contributed by atoms with Crippen molar-refractivity contribution in [1.82, 2.24) is 14.8 Å². The van der Waals surface area contributed by atoms with Crippen LogP contribution in [0.25, 0.3) is 5.69 Å². The Morgan fingerprint density at radius 3 is 2.48 bits per heavy atom. The van der Waals surface area contributed by atoms with Crippen molar-refractivity contribution in [2.24, 2.45) is 0 Å². The van der Waals surface area contributed by atoms with Gasteiger partial charge in [-0.3, -0.25) is 14.7 Å². The highest BCUT2D eigenvalue weighted by Gasteiger charge is 2.21. The summed E-state index contributed by atoms with van der Waals surface area (Å²) in [6.07, 6.45) is 0. The number of hydrogen-bond donors (Lipinski definition) is 1. The highest BCUT2D eigenvalue weighted by atomic mass is 32.2. The molecule has 29 heavy (non-hydrogen) atoms. The maximum atomic E-state index is 10.8. The normalized spacial score (nSPS) is 14.8. The number of nitro benzene ring substituents is 1. The maximum absolute atomic E-state index is 10.8. The molecule has 1 aromatic heterocycles. The Labute approximate surface area is 172 Å². The fourth-order valence-electron chi connectivity index (χ4n) is 3.27. The standard InChI is InChI=1S/C20H21N5O3S/c26-25(27)18-8-6-16(7-9-18)15-29-20-22-21-19(14-23-10-12-28-13-11-23)24(20)17-4-2-1-3-5-17/h1-9H,10-15H2/p+1. The molecule has 1 aliphatic heterocycles. The molecule has 0 aliphatic carbocycles. The van der Waals surface area contributed by atoms with E-state index >= 15 is 0 Å². The maximum Gasteiger partial charge on any atom is 0.269 e. The van der Waals surface area contributed by atoms with Crippen LogP contribution in [-0.2, 0) is 17.0 Å². The summed E-state index contributed by atoms with van der Waals surface area (Å²) in [4.78, 5) is 11.9. The minimum Gasteiger partial charge on any atom is -0.370 e. The summed E-state index contributed by atoms with van der Waals surface area (Å²) in [6.45, 7) is 4.27. The molecule has 9 heteroatoms. The Hall–Kier alpha value is -2.75. The second kappa shape index (κ2) is 9.17. The number of ether oxygens (including phenoxy) is 1. The van der Waals surface area contributed by atoms with Gasteiger partial charge in [0.25, 0.3) is 5.69 Å². The van der Waals surface area contributed by atoms with Crippen LogP contribution in [0.5, 0.6) is 0 Å². The number of benzene rings is 2. The van der Waals surface area contributed by atoms with Crippen LogP contribution in [0.3, 0.4) is 0 Å². The number of nitro groups is 1. The zero-order valence-corrected chi connectivity index (χ0v) is 16.7. The molecule has 1 aliphatic rings. The van der Waals surface area contributed by atoms with Crippen molar-refractivity contribution in [3.8, 4) is 5.69 Å². The molecule has 0 saturated carbocycles. The Morgan fingerprint density at radius 2 is 1.79 bits per heavy atom. The minimum absolute atomic E-state index is 0.0991. The second-order valence-corrected chi connectivity index (χ2v) is 7.76. The van der Waals surface area contributed by atoms with E-state index in [-0.39, 0.29) is 10.6 Å². The van der Waals surface area contributed by atoms with E-state index in [2.05, 4.69) is 26.9 Å². The van der Waals surface area contributed by atoms with Crippen molar-refractivity contribution >= 4 is 17.4 Å². The number of para-hydroxylation sites is 1. The fraction of sp³-hybridized carbons (Fsp3) is 0.300. The third-order valence-electron chi connectivity index (χ3n) is 4.84. The smallest absolute Gasteiger partial charge is 0.269 e. The molecular weight excluding hydrogens is 390 g/mol. The number of nitrogens with one attached hydrogen (secondary N) is 1. The fourth-order valence-corrected chi connectivity index (χ4v) is 4.19. The summed E-state index contributed by atoms with van der Waals surface area (Å²) in [5, 5.41) is 20.6. The lowest BCUT2D eigenvalue weighted by atomic mass is 10.2. The molecule has 0 radical (unpaired) electrons. The zero-order chi connectivity index (χ0) is 20.1. The monoisotopic (exact) mass is 412 g/mol. The predicted molar refractivity (Wildman–Crippen MR) is 109 cm³/mol. The van der Waals surface area contributed by atoms with E-state index in [1.54, 1.807) is 23.9 Å². The van der Waals surface area contributed by atoms with Crippen LogP contribution in [0.15, 0.2) is 59.8 Å².